The number of hydrogen-bond donors (Lipinski definition) is 1. The van der Waals surface area contributed by atoms with Crippen molar-refractivity contribution in [1.82, 2.24) is 0 Å². The Morgan fingerprint density at radius 2 is 1.88 bits per heavy atom. The van der Waals surface area contributed by atoms with Crippen molar-refractivity contribution in [3.63, 3.8) is 0 Å². The molecule has 1 unspecified atom stereocenters. The molecule has 0 fully saturated rings. The summed E-state index contributed by atoms with van der Waals surface area (Å²) in [5.41, 5.74) is 0.642. The first-order valence-electron chi connectivity index (χ1n) is 4.93. The maximum absolute atomic E-state index is 10.1. The largest absolute Gasteiger partial charge is 0.388 e. The van der Waals surface area contributed by atoms with Crippen LogP contribution in [0.25, 0.3) is 0 Å². The Balaban J connectivity index is 2.19. The molecule has 90 valence electrons. The zero-order valence-electron chi connectivity index (χ0n) is 8.66. The first-order valence-corrected chi connectivity index (χ1v) is 6.88. The zero-order chi connectivity index (χ0) is 12.4. The summed E-state index contributed by atoms with van der Waals surface area (Å²) in [5, 5.41) is 11.2. The van der Waals surface area contributed by atoms with Crippen molar-refractivity contribution in [2.45, 2.75) is 12.5 Å². The minimum absolute atomic E-state index is 0.484. The molecule has 1 aromatic carbocycles. The van der Waals surface area contributed by atoms with Crippen molar-refractivity contribution in [2.24, 2.45) is 0 Å². The van der Waals surface area contributed by atoms with Crippen LogP contribution in [0, 0.1) is 0 Å². The van der Waals surface area contributed by atoms with Gasteiger partial charge < -0.3 is 5.11 Å². The Morgan fingerprint density at radius 3 is 2.53 bits per heavy atom. The molecule has 0 saturated heterocycles. The van der Waals surface area contributed by atoms with Gasteiger partial charge in [0.15, 0.2) is 0 Å². The molecule has 0 saturated carbocycles. The highest BCUT2D eigenvalue weighted by atomic mass is 35.5. The van der Waals surface area contributed by atoms with Crippen molar-refractivity contribution in [3.8, 4) is 0 Å². The maximum atomic E-state index is 10.1. The summed E-state index contributed by atoms with van der Waals surface area (Å²) in [7, 11) is 0. The number of hydrogen-bond acceptors (Lipinski definition) is 2. The fourth-order valence-electron chi connectivity index (χ4n) is 1.53. The van der Waals surface area contributed by atoms with Crippen LogP contribution in [-0.2, 0) is 6.42 Å². The second kappa shape index (κ2) is 5.59. The maximum Gasteiger partial charge on any atom is 0.0931 e. The van der Waals surface area contributed by atoms with Crippen molar-refractivity contribution < 1.29 is 5.11 Å². The molecule has 1 atom stereocenters. The van der Waals surface area contributed by atoms with Crippen LogP contribution in [0.4, 0.5) is 0 Å². The summed E-state index contributed by atoms with van der Waals surface area (Å²) in [4.78, 5) is 1.01. The summed E-state index contributed by atoms with van der Waals surface area (Å²) in [6, 6.07) is 8.78. The van der Waals surface area contributed by atoms with E-state index in [9.17, 15) is 5.11 Å². The highest BCUT2D eigenvalue weighted by Crippen LogP contribution is 2.31. The van der Waals surface area contributed by atoms with E-state index in [1.54, 1.807) is 18.2 Å². The number of rotatable bonds is 3. The standard InChI is InChI=1S/C12H9Cl3OS/c13-7-1-3-10(14)9(5-7)11(16)6-8-2-4-12(15)17-8/h1-5,11,16H,6H2. The van der Waals surface area contributed by atoms with Gasteiger partial charge in [-0.2, -0.15) is 0 Å². The van der Waals surface area contributed by atoms with Crippen LogP contribution >= 0.6 is 46.1 Å². The van der Waals surface area contributed by atoms with Crippen LogP contribution in [-0.4, -0.2) is 5.11 Å². The molecular formula is C12H9Cl3OS. The van der Waals surface area contributed by atoms with E-state index in [2.05, 4.69) is 0 Å². The monoisotopic (exact) mass is 306 g/mol. The van der Waals surface area contributed by atoms with E-state index in [1.807, 2.05) is 12.1 Å². The average Bonchev–Trinajstić information content (AvgIpc) is 2.67. The minimum Gasteiger partial charge on any atom is -0.388 e. The summed E-state index contributed by atoms with van der Waals surface area (Å²) in [5.74, 6) is 0. The Morgan fingerprint density at radius 1 is 1.12 bits per heavy atom. The van der Waals surface area contributed by atoms with Gasteiger partial charge in [0.25, 0.3) is 0 Å². The lowest BCUT2D eigenvalue weighted by atomic mass is 10.1. The first kappa shape index (κ1) is 13.2. The Bertz CT molecular complexity index is 524. The third-order valence-corrected chi connectivity index (χ3v) is 4.17. The lowest BCUT2D eigenvalue weighted by Gasteiger charge is -2.12. The van der Waals surface area contributed by atoms with Crippen molar-refractivity contribution in [3.05, 3.63) is 55.2 Å². The smallest absolute Gasteiger partial charge is 0.0931 e. The van der Waals surface area contributed by atoms with Crippen LogP contribution in [0.2, 0.25) is 14.4 Å². The Kier molecular flexibility index (Phi) is 4.34. The Hall–Kier alpha value is -0.250. The van der Waals surface area contributed by atoms with Crippen LogP contribution in [0.1, 0.15) is 16.5 Å². The lowest BCUT2D eigenvalue weighted by molar-refractivity contribution is 0.179. The second-order valence-electron chi connectivity index (χ2n) is 3.59. The fourth-order valence-corrected chi connectivity index (χ4v) is 3.08. The van der Waals surface area contributed by atoms with Crippen molar-refractivity contribution >= 4 is 46.1 Å². The molecule has 0 radical (unpaired) electrons. The predicted octanol–water partition coefficient (Wildman–Crippen LogP) is 4.98. The van der Waals surface area contributed by atoms with E-state index in [-0.39, 0.29) is 0 Å². The van der Waals surface area contributed by atoms with E-state index >= 15 is 0 Å². The summed E-state index contributed by atoms with van der Waals surface area (Å²) in [6.07, 6.45) is -0.187. The Labute approximate surface area is 119 Å². The van der Waals surface area contributed by atoms with Gasteiger partial charge in [0.1, 0.15) is 0 Å². The molecule has 0 spiro atoms. The molecule has 0 aliphatic rings. The van der Waals surface area contributed by atoms with Gasteiger partial charge in [-0.3, -0.25) is 0 Å². The zero-order valence-corrected chi connectivity index (χ0v) is 11.7. The van der Waals surface area contributed by atoms with E-state index in [0.717, 1.165) is 4.88 Å². The third-order valence-electron chi connectivity index (χ3n) is 2.34. The van der Waals surface area contributed by atoms with Gasteiger partial charge in [0.2, 0.25) is 0 Å². The molecule has 0 bridgehead atoms. The molecule has 0 amide bonds. The number of aliphatic hydroxyl groups is 1. The molecule has 1 N–H and O–H groups in total. The number of thiophene rings is 1. The highest BCUT2D eigenvalue weighted by Gasteiger charge is 2.14. The molecule has 0 aliphatic heterocycles. The average molecular weight is 308 g/mol. The van der Waals surface area contributed by atoms with Crippen molar-refractivity contribution in [2.75, 3.05) is 0 Å². The second-order valence-corrected chi connectivity index (χ2v) is 6.23. The van der Waals surface area contributed by atoms with Gasteiger partial charge >= 0.3 is 0 Å². The first-order chi connectivity index (χ1) is 8.06. The number of aliphatic hydroxyl groups excluding tert-OH is 1. The molecule has 2 rings (SSSR count). The van der Waals surface area contributed by atoms with Gasteiger partial charge in [-0.05, 0) is 30.3 Å². The van der Waals surface area contributed by atoms with E-state index < -0.39 is 6.10 Å². The topological polar surface area (TPSA) is 20.2 Å². The predicted molar refractivity (Wildman–Crippen MR) is 74.5 cm³/mol. The van der Waals surface area contributed by atoms with Gasteiger partial charge in [-0.25, -0.2) is 0 Å². The number of benzene rings is 1. The lowest BCUT2D eigenvalue weighted by Crippen LogP contribution is -2.01. The van der Waals surface area contributed by atoms with Crippen LogP contribution < -0.4 is 0 Å². The molecular weight excluding hydrogens is 299 g/mol. The molecule has 1 aromatic heterocycles. The fraction of sp³-hybridized carbons (Fsp3) is 0.167. The molecule has 1 heterocycles. The summed E-state index contributed by atoms with van der Waals surface area (Å²) < 4.78 is 0.712. The number of halogens is 3. The molecule has 5 heteroatoms. The van der Waals surface area contributed by atoms with Gasteiger partial charge in [-0.15, -0.1) is 11.3 Å². The van der Waals surface area contributed by atoms with Gasteiger partial charge in [-0.1, -0.05) is 34.8 Å². The molecule has 2 aromatic rings. The van der Waals surface area contributed by atoms with Gasteiger partial charge in [0.05, 0.1) is 10.4 Å². The quantitative estimate of drug-likeness (QED) is 0.847. The molecule has 0 aliphatic carbocycles. The molecule has 17 heavy (non-hydrogen) atoms. The molecule has 1 nitrogen and oxygen atoms in total. The summed E-state index contributed by atoms with van der Waals surface area (Å²) >= 11 is 19.2. The SMILES string of the molecule is OC(Cc1ccc(Cl)s1)c1cc(Cl)ccc1Cl. The van der Waals surface area contributed by atoms with Crippen LogP contribution in [0.5, 0.6) is 0 Å². The van der Waals surface area contributed by atoms with Crippen molar-refractivity contribution in [1.29, 1.82) is 0 Å². The van der Waals surface area contributed by atoms with Gasteiger partial charge in [0, 0.05) is 26.9 Å². The third kappa shape index (κ3) is 3.36. The van der Waals surface area contributed by atoms with E-state index in [4.69, 9.17) is 34.8 Å². The van der Waals surface area contributed by atoms with E-state index in [1.165, 1.54) is 11.3 Å². The highest BCUT2D eigenvalue weighted by molar-refractivity contribution is 7.16. The van der Waals surface area contributed by atoms with Crippen LogP contribution in [0.15, 0.2) is 30.3 Å². The normalized spacial score (nSPS) is 12.7. The summed E-state index contributed by atoms with van der Waals surface area (Å²) in [6.45, 7) is 0. The van der Waals surface area contributed by atoms with E-state index in [0.29, 0.717) is 26.4 Å². The van der Waals surface area contributed by atoms with Crippen LogP contribution in [0.3, 0.4) is 0 Å². The minimum atomic E-state index is -0.670.